The number of carbonyl (C=O) groups is 2. The van der Waals surface area contributed by atoms with Crippen molar-refractivity contribution in [1.29, 1.82) is 0 Å². The summed E-state index contributed by atoms with van der Waals surface area (Å²) < 4.78 is 32.2. The van der Waals surface area contributed by atoms with Crippen molar-refractivity contribution in [3.05, 3.63) is 35.4 Å². The lowest BCUT2D eigenvalue weighted by atomic mass is 9.85. The Hall–Kier alpha value is -1.98. The van der Waals surface area contributed by atoms with Crippen LogP contribution >= 0.6 is 0 Å². The van der Waals surface area contributed by atoms with Crippen LogP contribution in [0.25, 0.3) is 0 Å². The first-order valence-corrected chi connectivity index (χ1v) is 8.65. The Bertz CT molecular complexity index is 664. The zero-order valence-electron chi connectivity index (χ0n) is 14.7. The number of hydrogen-bond donors (Lipinski definition) is 0. The van der Waals surface area contributed by atoms with Gasteiger partial charge in [0.2, 0.25) is 0 Å². The van der Waals surface area contributed by atoms with Crippen molar-refractivity contribution in [3.8, 4) is 0 Å². The van der Waals surface area contributed by atoms with Gasteiger partial charge in [-0.1, -0.05) is 0 Å². The van der Waals surface area contributed by atoms with Crippen molar-refractivity contribution < 1.29 is 23.1 Å². The number of amides is 1. The van der Waals surface area contributed by atoms with E-state index in [2.05, 4.69) is 0 Å². The first-order chi connectivity index (χ1) is 11.6. The number of Topliss-reactive ketones (excluding diaryl/α,β-unsaturated/α-hetero) is 1. The third kappa shape index (κ3) is 3.83. The van der Waals surface area contributed by atoms with Gasteiger partial charge in [-0.25, -0.2) is 13.6 Å². The predicted molar refractivity (Wildman–Crippen MR) is 88.3 cm³/mol. The van der Waals surface area contributed by atoms with Gasteiger partial charge < -0.3 is 9.64 Å². The molecule has 2 aliphatic rings. The minimum absolute atomic E-state index is 0.0547. The lowest BCUT2D eigenvalue weighted by Crippen LogP contribution is -2.49. The highest BCUT2D eigenvalue weighted by atomic mass is 19.1. The molecule has 2 bridgehead atoms. The molecule has 1 aromatic carbocycles. The molecule has 25 heavy (non-hydrogen) atoms. The number of halogens is 2. The van der Waals surface area contributed by atoms with E-state index in [-0.39, 0.29) is 35.4 Å². The topological polar surface area (TPSA) is 46.6 Å². The number of rotatable bonds is 2. The van der Waals surface area contributed by atoms with Crippen LogP contribution in [0.2, 0.25) is 0 Å². The van der Waals surface area contributed by atoms with Crippen molar-refractivity contribution in [2.75, 3.05) is 0 Å². The van der Waals surface area contributed by atoms with E-state index in [1.54, 1.807) is 4.90 Å². The highest BCUT2D eigenvalue weighted by molar-refractivity contribution is 5.98. The number of nitrogens with zero attached hydrogens (tertiary/aromatic N) is 1. The van der Waals surface area contributed by atoms with Crippen molar-refractivity contribution >= 4 is 11.9 Å². The summed E-state index contributed by atoms with van der Waals surface area (Å²) in [5.74, 6) is -2.08. The van der Waals surface area contributed by atoms with Gasteiger partial charge in [-0.3, -0.25) is 4.79 Å². The van der Waals surface area contributed by atoms with Gasteiger partial charge in [0.1, 0.15) is 17.2 Å². The highest BCUT2D eigenvalue weighted by Crippen LogP contribution is 2.40. The minimum atomic E-state index is -0.752. The summed E-state index contributed by atoms with van der Waals surface area (Å²) in [6, 6.07) is 2.80. The van der Waals surface area contributed by atoms with Gasteiger partial charge in [0.25, 0.3) is 0 Å². The second-order valence-electron chi connectivity index (χ2n) is 7.96. The molecular formula is C19H23F2NO3. The Kier molecular flexibility index (Phi) is 4.56. The second kappa shape index (κ2) is 6.39. The highest BCUT2D eigenvalue weighted by Gasteiger charge is 2.46. The fraction of sp³-hybridized carbons (Fsp3) is 0.579. The third-order valence-corrected chi connectivity index (χ3v) is 4.86. The van der Waals surface area contributed by atoms with Crippen molar-refractivity contribution in [2.24, 2.45) is 5.92 Å². The Labute approximate surface area is 146 Å². The van der Waals surface area contributed by atoms with Crippen LogP contribution in [-0.2, 0) is 4.74 Å². The van der Waals surface area contributed by atoms with E-state index < -0.39 is 17.2 Å². The number of benzene rings is 1. The van der Waals surface area contributed by atoms with Gasteiger partial charge in [-0.2, -0.15) is 0 Å². The Morgan fingerprint density at radius 1 is 1.04 bits per heavy atom. The van der Waals surface area contributed by atoms with Crippen LogP contribution in [0.3, 0.4) is 0 Å². The molecule has 2 unspecified atom stereocenters. The average molecular weight is 351 g/mol. The summed E-state index contributed by atoms with van der Waals surface area (Å²) >= 11 is 0. The number of fused-ring (bicyclic) bond motifs is 2. The van der Waals surface area contributed by atoms with Crippen LogP contribution in [0.15, 0.2) is 18.2 Å². The van der Waals surface area contributed by atoms with Gasteiger partial charge in [-0.15, -0.1) is 0 Å². The maximum Gasteiger partial charge on any atom is 0.410 e. The standard InChI is InChI=1S/C19H23F2NO3/c1-19(2,3)25-18(24)22-15-4-5-16(22)9-12(8-15)17(23)11-6-13(20)10-14(21)7-11/h6-7,10,12,15-16H,4-5,8-9H2,1-3H3. The van der Waals surface area contributed by atoms with E-state index in [1.165, 1.54) is 0 Å². The van der Waals surface area contributed by atoms with Crippen molar-refractivity contribution in [3.63, 3.8) is 0 Å². The molecule has 0 N–H and O–H groups in total. The molecule has 2 saturated heterocycles. The van der Waals surface area contributed by atoms with Crippen LogP contribution in [0.5, 0.6) is 0 Å². The first-order valence-electron chi connectivity index (χ1n) is 8.65. The molecule has 0 saturated carbocycles. The third-order valence-electron chi connectivity index (χ3n) is 4.86. The first kappa shape index (κ1) is 17.8. The average Bonchev–Trinajstić information content (AvgIpc) is 2.74. The van der Waals surface area contributed by atoms with Gasteiger partial charge in [0, 0.05) is 29.6 Å². The molecular weight excluding hydrogens is 328 g/mol. The Balaban J connectivity index is 1.73. The summed E-state index contributed by atoms with van der Waals surface area (Å²) in [6.45, 7) is 5.46. The van der Waals surface area contributed by atoms with Crippen molar-refractivity contribution in [1.82, 2.24) is 4.90 Å². The molecule has 2 heterocycles. The number of carbonyl (C=O) groups excluding carboxylic acids is 2. The normalized spacial score (nSPS) is 25.8. The monoisotopic (exact) mass is 351 g/mol. The number of ketones is 1. The zero-order chi connectivity index (χ0) is 18.4. The molecule has 1 amide bonds. The van der Waals surface area contributed by atoms with Crippen LogP contribution in [0.4, 0.5) is 13.6 Å². The molecule has 0 aromatic heterocycles. The molecule has 2 atom stereocenters. The van der Waals surface area contributed by atoms with E-state index in [4.69, 9.17) is 4.74 Å². The largest absolute Gasteiger partial charge is 0.444 e. The molecule has 4 nitrogen and oxygen atoms in total. The predicted octanol–water partition coefficient (Wildman–Crippen LogP) is 4.33. The lowest BCUT2D eigenvalue weighted by molar-refractivity contribution is 0.00254. The molecule has 6 heteroatoms. The number of ether oxygens (including phenoxy) is 1. The fourth-order valence-corrected chi connectivity index (χ4v) is 3.94. The SMILES string of the molecule is CC(C)(C)OC(=O)N1C2CCC1CC(C(=O)c1cc(F)cc(F)c1)C2. The maximum atomic E-state index is 13.4. The number of hydrogen-bond acceptors (Lipinski definition) is 3. The maximum absolute atomic E-state index is 13.4. The van der Waals surface area contributed by atoms with Crippen molar-refractivity contribution in [2.45, 2.75) is 64.1 Å². The molecule has 0 spiro atoms. The minimum Gasteiger partial charge on any atom is -0.444 e. The molecule has 2 aliphatic heterocycles. The summed E-state index contributed by atoms with van der Waals surface area (Å²) in [6.07, 6.45) is 2.32. The number of piperidine rings is 1. The molecule has 136 valence electrons. The molecule has 0 radical (unpaired) electrons. The van der Waals surface area contributed by atoms with Gasteiger partial charge in [0.15, 0.2) is 5.78 Å². The Morgan fingerprint density at radius 2 is 1.56 bits per heavy atom. The fourth-order valence-electron chi connectivity index (χ4n) is 3.94. The summed E-state index contributed by atoms with van der Waals surface area (Å²) in [7, 11) is 0. The lowest BCUT2D eigenvalue weighted by Gasteiger charge is -2.39. The van der Waals surface area contributed by atoms with Crippen LogP contribution in [-0.4, -0.2) is 34.5 Å². The second-order valence-corrected chi connectivity index (χ2v) is 7.96. The summed E-state index contributed by atoms with van der Waals surface area (Å²) in [4.78, 5) is 26.8. The van der Waals surface area contributed by atoms with E-state index >= 15 is 0 Å². The summed E-state index contributed by atoms with van der Waals surface area (Å²) in [5, 5.41) is 0. The molecule has 1 aromatic rings. The van der Waals surface area contributed by atoms with E-state index in [1.807, 2.05) is 20.8 Å². The molecule has 0 aliphatic carbocycles. The van der Waals surface area contributed by atoms with Crippen LogP contribution in [0, 0.1) is 17.6 Å². The van der Waals surface area contributed by atoms with E-state index in [9.17, 15) is 18.4 Å². The molecule has 3 rings (SSSR count). The molecule has 2 fully saturated rings. The van der Waals surface area contributed by atoms with Crippen LogP contribution < -0.4 is 0 Å². The van der Waals surface area contributed by atoms with E-state index in [0.29, 0.717) is 12.8 Å². The summed E-state index contributed by atoms with van der Waals surface area (Å²) in [5.41, 5.74) is -0.505. The van der Waals surface area contributed by atoms with Gasteiger partial charge in [-0.05, 0) is 58.6 Å². The van der Waals surface area contributed by atoms with E-state index in [0.717, 1.165) is 31.0 Å². The van der Waals surface area contributed by atoms with Crippen LogP contribution in [0.1, 0.15) is 56.8 Å². The smallest absolute Gasteiger partial charge is 0.410 e. The van der Waals surface area contributed by atoms with Gasteiger partial charge in [0.05, 0.1) is 0 Å². The quantitative estimate of drug-likeness (QED) is 0.745. The zero-order valence-corrected chi connectivity index (χ0v) is 14.7. The van der Waals surface area contributed by atoms with Gasteiger partial charge >= 0.3 is 6.09 Å². The Morgan fingerprint density at radius 3 is 2.04 bits per heavy atom.